The first-order valence-electron chi connectivity index (χ1n) is 6.22. The highest BCUT2D eigenvalue weighted by Crippen LogP contribution is 2.32. The van der Waals surface area contributed by atoms with Crippen LogP contribution < -0.4 is 0 Å². The van der Waals surface area contributed by atoms with Gasteiger partial charge < -0.3 is 0 Å². The molecule has 2 aromatic rings. The molecule has 1 aromatic heterocycles. The van der Waals surface area contributed by atoms with Gasteiger partial charge in [0.15, 0.2) is 0 Å². The van der Waals surface area contributed by atoms with Crippen LogP contribution in [-0.2, 0) is 12.8 Å². The average molecular weight is 234 g/mol. The van der Waals surface area contributed by atoms with Gasteiger partial charge in [-0.2, -0.15) is 5.26 Å². The number of aromatic nitrogens is 1. The van der Waals surface area contributed by atoms with Crippen LogP contribution in [0.2, 0.25) is 0 Å². The van der Waals surface area contributed by atoms with Gasteiger partial charge in [-0.15, -0.1) is 0 Å². The van der Waals surface area contributed by atoms with Crippen LogP contribution in [0, 0.1) is 18.3 Å². The SMILES string of the molecule is Cc1ccc2c(c1)CCc1cccnc1C2C#N. The maximum atomic E-state index is 9.49. The number of benzene rings is 1. The Balaban J connectivity index is 2.22. The number of nitriles is 1. The van der Waals surface area contributed by atoms with Gasteiger partial charge in [0, 0.05) is 6.20 Å². The minimum Gasteiger partial charge on any atom is -0.259 e. The third kappa shape index (κ3) is 1.69. The number of rotatable bonds is 0. The van der Waals surface area contributed by atoms with E-state index < -0.39 is 0 Å². The Morgan fingerprint density at radius 2 is 2.06 bits per heavy atom. The van der Waals surface area contributed by atoms with Gasteiger partial charge in [-0.3, -0.25) is 4.98 Å². The second-order valence-corrected chi connectivity index (χ2v) is 4.81. The summed E-state index contributed by atoms with van der Waals surface area (Å²) in [5.41, 5.74) is 5.81. The molecule has 1 aliphatic carbocycles. The minimum atomic E-state index is -0.223. The molecule has 2 heteroatoms. The lowest BCUT2D eigenvalue weighted by molar-refractivity contribution is 0.935. The second kappa shape index (κ2) is 4.27. The van der Waals surface area contributed by atoms with E-state index in [0.29, 0.717) is 0 Å². The van der Waals surface area contributed by atoms with Gasteiger partial charge in [0.05, 0.1) is 11.8 Å². The zero-order valence-corrected chi connectivity index (χ0v) is 10.4. The van der Waals surface area contributed by atoms with Crippen molar-refractivity contribution in [1.82, 2.24) is 4.98 Å². The number of fused-ring (bicyclic) bond motifs is 2. The number of pyridine rings is 1. The van der Waals surface area contributed by atoms with Crippen LogP contribution in [0.25, 0.3) is 0 Å². The molecule has 1 aromatic carbocycles. The summed E-state index contributed by atoms with van der Waals surface area (Å²) in [6.07, 6.45) is 3.74. The standard InChI is InChI=1S/C16H14N2/c1-11-4-7-14-13(9-11)6-5-12-3-2-8-18-16(12)15(14)10-17/h2-4,7-9,15H,5-6H2,1H3. The Kier molecular flexibility index (Phi) is 2.60. The van der Waals surface area contributed by atoms with Crippen molar-refractivity contribution >= 4 is 0 Å². The molecule has 0 radical (unpaired) electrons. The molecule has 0 N–H and O–H groups in total. The molecule has 1 aliphatic rings. The third-order valence-corrected chi connectivity index (χ3v) is 3.60. The van der Waals surface area contributed by atoms with Crippen molar-refractivity contribution in [1.29, 1.82) is 5.26 Å². The highest BCUT2D eigenvalue weighted by Gasteiger charge is 2.24. The Morgan fingerprint density at radius 3 is 2.89 bits per heavy atom. The lowest BCUT2D eigenvalue weighted by Gasteiger charge is -2.12. The van der Waals surface area contributed by atoms with Crippen LogP contribution in [-0.4, -0.2) is 4.98 Å². The van der Waals surface area contributed by atoms with Crippen LogP contribution >= 0.6 is 0 Å². The molecule has 0 spiro atoms. The van der Waals surface area contributed by atoms with E-state index in [-0.39, 0.29) is 5.92 Å². The molecule has 0 saturated heterocycles. The zero-order chi connectivity index (χ0) is 12.5. The van der Waals surface area contributed by atoms with Crippen molar-refractivity contribution in [3.8, 4) is 6.07 Å². The van der Waals surface area contributed by atoms with Crippen molar-refractivity contribution in [2.45, 2.75) is 25.7 Å². The maximum absolute atomic E-state index is 9.49. The van der Waals surface area contributed by atoms with Crippen LogP contribution in [0.5, 0.6) is 0 Å². The fraction of sp³-hybridized carbons (Fsp3) is 0.250. The fourth-order valence-corrected chi connectivity index (χ4v) is 2.70. The lowest BCUT2D eigenvalue weighted by Crippen LogP contribution is -2.03. The topological polar surface area (TPSA) is 36.7 Å². The quantitative estimate of drug-likeness (QED) is 0.702. The van der Waals surface area contributed by atoms with Crippen LogP contribution in [0.15, 0.2) is 36.5 Å². The second-order valence-electron chi connectivity index (χ2n) is 4.81. The molecule has 0 amide bonds. The van der Waals surface area contributed by atoms with Crippen molar-refractivity contribution in [3.05, 3.63) is 64.5 Å². The number of hydrogen-bond donors (Lipinski definition) is 0. The molecule has 2 nitrogen and oxygen atoms in total. The highest BCUT2D eigenvalue weighted by molar-refractivity contribution is 5.46. The molecule has 18 heavy (non-hydrogen) atoms. The van der Waals surface area contributed by atoms with E-state index in [1.54, 1.807) is 6.20 Å². The molecule has 88 valence electrons. The fourth-order valence-electron chi connectivity index (χ4n) is 2.70. The Bertz CT molecular complexity index is 638. The lowest BCUT2D eigenvalue weighted by atomic mass is 9.92. The smallest absolute Gasteiger partial charge is 0.114 e. The normalized spacial score (nSPS) is 17.2. The molecule has 1 heterocycles. The Labute approximate surface area is 107 Å². The van der Waals surface area contributed by atoms with Crippen LogP contribution in [0.4, 0.5) is 0 Å². The average Bonchev–Trinajstić information content (AvgIpc) is 2.55. The minimum absolute atomic E-state index is 0.223. The number of nitrogens with zero attached hydrogens (tertiary/aromatic N) is 2. The molecule has 0 saturated carbocycles. The largest absolute Gasteiger partial charge is 0.259 e. The molecule has 1 unspecified atom stereocenters. The van der Waals surface area contributed by atoms with Gasteiger partial charge in [0.1, 0.15) is 5.92 Å². The third-order valence-electron chi connectivity index (χ3n) is 3.60. The summed E-state index contributed by atoms with van der Waals surface area (Å²) < 4.78 is 0. The first-order chi connectivity index (χ1) is 8.79. The number of hydrogen-bond acceptors (Lipinski definition) is 2. The van der Waals surface area contributed by atoms with E-state index in [4.69, 9.17) is 0 Å². The summed E-state index contributed by atoms with van der Waals surface area (Å²) in [6, 6.07) is 12.8. The van der Waals surface area contributed by atoms with E-state index in [2.05, 4.69) is 42.2 Å². The molecule has 1 atom stereocenters. The molecular weight excluding hydrogens is 220 g/mol. The molecule has 0 bridgehead atoms. The van der Waals surface area contributed by atoms with Crippen LogP contribution in [0.3, 0.4) is 0 Å². The molecular formula is C16H14N2. The van der Waals surface area contributed by atoms with E-state index >= 15 is 0 Å². The van der Waals surface area contributed by atoms with Crippen LogP contribution in [0.1, 0.15) is 33.9 Å². The van der Waals surface area contributed by atoms with Crippen molar-refractivity contribution in [2.24, 2.45) is 0 Å². The summed E-state index contributed by atoms with van der Waals surface area (Å²) in [5, 5.41) is 9.49. The van der Waals surface area contributed by atoms with E-state index in [1.165, 1.54) is 16.7 Å². The van der Waals surface area contributed by atoms with Crippen molar-refractivity contribution in [3.63, 3.8) is 0 Å². The Hall–Kier alpha value is -2.14. The molecule has 0 aliphatic heterocycles. The predicted molar refractivity (Wildman–Crippen MR) is 70.3 cm³/mol. The van der Waals surface area contributed by atoms with Gasteiger partial charge in [-0.25, -0.2) is 0 Å². The van der Waals surface area contributed by atoms with Crippen molar-refractivity contribution < 1.29 is 0 Å². The zero-order valence-electron chi connectivity index (χ0n) is 10.4. The monoisotopic (exact) mass is 234 g/mol. The molecule has 3 rings (SSSR count). The number of aryl methyl sites for hydroxylation is 3. The van der Waals surface area contributed by atoms with Gasteiger partial charge in [-0.05, 0) is 42.5 Å². The summed E-state index contributed by atoms with van der Waals surface area (Å²) in [4.78, 5) is 4.43. The van der Waals surface area contributed by atoms with Gasteiger partial charge >= 0.3 is 0 Å². The van der Waals surface area contributed by atoms with Gasteiger partial charge in [0.25, 0.3) is 0 Å². The Morgan fingerprint density at radius 1 is 1.22 bits per heavy atom. The summed E-state index contributed by atoms with van der Waals surface area (Å²) in [7, 11) is 0. The van der Waals surface area contributed by atoms with E-state index in [9.17, 15) is 5.26 Å². The summed E-state index contributed by atoms with van der Waals surface area (Å²) in [5.74, 6) is -0.223. The van der Waals surface area contributed by atoms with Gasteiger partial charge in [0.2, 0.25) is 0 Å². The molecule has 0 fully saturated rings. The van der Waals surface area contributed by atoms with Gasteiger partial charge in [-0.1, -0.05) is 29.8 Å². The maximum Gasteiger partial charge on any atom is 0.114 e. The van der Waals surface area contributed by atoms with E-state index in [1.807, 2.05) is 6.07 Å². The summed E-state index contributed by atoms with van der Waals surface area (Å²) >= 11 is 0. The predicted octanol–water partition coefficient (Wildman–Crippen LogP) is 3.14. The highest BCUT2D eigenvalue weighted by atomic mass is 14.7. The summed E-state index contributed by atoms with van der Waals surface area (Å²) in [6.45, 7) is 2.10. The van der Waals surface area contributed by atoms with E-state index in [0.717, 1.165) is 24.1 Å². The first-order valence-corrected chi connectivity index (χ1v) is 6.22. The van der Waals surface area contributed by atoms with Crippen molar-refractivity contribution in [2.75, 3.05) is 0 Å². The first kappa shape index (κ1) is 11.0.